The summed E-state index contributed by atoms with van der Waals surface area (Å²) in [6, 6.07) is 0. The highest BCUT2D eigenvalue weighted by Crippen LogP contribution is 2.09. The Bertz CT molecular complexity index is 119. The van der Waals surface area contributed by atoms with Crippen LogP contribution in [0.25, 0.3) is 0 Å². The van der Waals surface area contributed by atoms with Crippen LogP contribution in [-0.2, 0) is 0 Å². The maximum absolute atomic E-state index is 9.32. The third kappa shape index (κ3) is 7.60. The first-order valence-electron chi connectivity index (χ1n) is 4.35. The SMILES string of the molecule is CC[C@H](C)C/C=C/C(C)(C)O. The van der Waals surface area contributed by atoms with Crippen molar-refractivity contribution in [2.75, 3.05) is 0 Å². The van der Waals surface area contributed by atoms with Crippen LogP contribution in [0.1, 0.15) is 40.5 Å². The smallest absolute Gasteiger partial charge is 0.0771 e. The van der Waals surface area contributed by atoms with Gasteiger partial charge in [-0.1, -0.05) is 32.4 Å². The van der Waals surface area contributed by atoms with E-state index in [0.717, 1.165) is 12.3 Å². The molecule has 0 aliphatic rings. The molecule has 0 spiro atoms. The second kappa shape index (κ2) is 4.55. The number of hydrogen-bond donors (Lipinski definition) is 1. The van der Waals surface area contributed by atoms with Crippen molar-refractivity contribution >= 4 is 0 Å². The van der Waals surface area contributed by atoms with Gasteiger partial charge in [-0.25, -0.2) is 0 Å². The number of aliphatic hydroxyl groups is 1. The first-order valence-corrected chi connectivity index (χ1v) is 4.35. The van der Waals surface area contributed by atoms with E-state index in [1.807, 2.05) is 6.08 Å². The summed E-state index contributed by atoms with van der Waals surface area (Å²) < 4.78 is 0. The largest absolute Gasteiger partial charge is 0.386 e. The molecule has 11 heavy (non-hydrogen) atoms. The summed E-state index contributed by atoms with van der Waals surface area (Å²) in [5.74, 6) is 0.730. The molecule has 1 nitrogen and oxygen atoms in total. The molecule has 0 rings (SSSR count). The standard InChI is InChI=1S/C10H20O/c1-5-9(2)7-6-8-10(3,4)11/h6,8-9,11H,5,7H2,1-4H3/b8-6+/t9-/m0/s1. The van der Waals surface area contributed by atoms with Gasteiger partial charge in [0.25, 0.3) is 0 Å². The molecule has 0 fully saturated rings. The summed E-state index contributed by atoms with van der Waals surface area (Å²) in [5.41, 5.74) is -0.645. The van der Waals surface area contributed by atoms with Crippen molar-refractivity contribution in [3.63, 3.8) is 0 Å². The fourth-order valence-electron chi connectivity index (χ4n) is 0.755. The Labute approximate surface area is 70.1 Å². The Morgan fingerprint density at radius 3 is 2.36 bits per heavy atom. The molecule has 1 heteroatoms. The van der Waals surface area contributed by atoms with Gasteiger partial charge in [-0.2, -0.15) is 0 Å². The van der Waals surface area contributed by atoms with Gasteiger partial charge in [0.1, 0.15) is 0 Å². The highest BCUT2D eigenvalue weighted by atomic mass is 16.3. The highest BCUT2D eigenvalue weighted by Gasteiger charge is 2.05. The second-order valence-corrected chi connectivity index (χ2v) is 3.81. The van der Waals surface area contributed by atoms with Crippen LogP contribution in [0.3, 0.4) is 0 Å². The van der Waals surface area contributed by atoms with E-state index < -0.39 is 5.60 Å². The topological polar surface area (TPSA) is 20.2 Å². The molecule has 0 aromatic carbocycles. The zero-order chi connectivity index (χ0) is 8.91. The van der Waals surface area contributed by atoms with Crippen molar-refractivity contribution in [1.29, 1.82) is 0 Å². The van der Waals surface area contributed by atoms with E-state index in [0.29, 0.717) is 0 Å². The van der Waals surface area contributed by atoms with Gasteiger partial charge in [0, 0.05) is 0 Å². The molecule has 0 saturated heterocycles. The molecular formula is C10H20O. The maximum Gasteiger partial charge on any atom is 0.0771 e. The lowest BCUT2D eigenvalue weighted by Gasteiger charge is -2.11. The van der Waals surface area contributed by atoms with Gasteiger partial charge in [-0.15, -0.1) is 0 Å². The predicted octanol–water partition coefficient (Wildman–Crippen LogP) is 2.75. The van der Waals surface area contributed by atoms with Crippen molar-refractivity contribution in [3.05, 3.63) is 12.2 Å². The summed E-state index contributed by atoms with van der Waals surface area (Å²) in [6.07, 6.45) is 6.20. The van der Waals surface area contributed by atoms with E-state index in [9.17, 15) is 5.11 Å². The molecule has 0 aliphatic heterocycles. The van der Waals surface area contributed by atoms with Crippen molar-refractivity contribution in [1.82, 2.24) is 0 Å². The Balaban J connectivity index is 3.61. The molecule has 0 radical (unpaired) electrons. The van der Waals surface area contributed by atoms with Crippen molar-refractivity contribution in [2.45, 2.75) is 46.1 Å². The van der Waals surface area contributed by atoms with Crippen LogP contribution in [0.4, 0.5) is 0 Å². The highest BCUT2D eigenvalue weighted by molar-refractivity contribution is 4.95. The predicted molar refractivity (Wildman–Crippen MR) is 49.5 cm³/mol. The van der Waals surface area contributed by atoms with E-state index >= 15 is 0 Å². The number of allylic oxidation sites excluding steroid dienone is 1. The van der Waals surface area contributed by atoms with Crippen molar-refractivity contribution in [2.24, 2.45) is 5.92 Å². The van der Waals surface area contributed by atoms with Crippen molar-refractivity contribution in [3.8, 4) is 0 Å². The monoisotopic (exact) mass is 156 g/mol. The Kier molecular flexibility index (Phi) is 4.43. The lowest BCUT2D eigenvalue weighted by atomic mass is 10.0. The fourth-order valence-corrected chi connectivity index (χ4v) is 0.755. The molecular weight excluding hydrogens is 136 g/mol. The summed E-state index contributed by atoms with van der Waals surface area (Å²) in [5, 5.41) is 9.32. The Hall–Kier alpha value is -0.300. The lowest BCUT2D eigenvalue weighted by molar-refractivity contribution is 0.132. The van der Waals surface area contributed by atoms with Gasteiger partial charge in [0.15, 0.2) is 0 Å². The van der Waals surface area contributed by atoms with Crippen molar-refractivity contribution < 1.29 is 5.11 Å². The third-order valence-corrected chi connectivity index (χ3v) is 1.76. The zero-order valence-corrected chi connectivity index (χ0v) is 8.09. The van der Waals surface area contributed by atoms with Crippen LogP contribution >= 0.6 is 0 Å². The molecule has 0 unspecified atom stereocenters. The first-order chi connectivity index (χ1) is 4.95. The summed E-state index contributed by atoms with van der Waals surface area (Å²) >= 11 is 0. The quantitative estimate of drug-likeness (QED) is 0.620. The zero-order valence-electron chi connectivity index (χ0n) is 8.09. The van der Waals surface area contributed by atoms with Crippen LogP contribution in [-0.4, -0.2) is 10.7 Å². The minimum atomic E-state index is -0.645. The van der Waals surface area contributed by atoms with E-state index in [4.69, 9.17) is 0 Å². The van der Waals surface area contributed by atoms with Crippen LogP contribution in [0.2, 0.25) is 0 Å². The van der Waals surface area contributed by atoms with Crippen LogP contribution < -0.4 is 0 Å². The molecule has 0 aliphatic carbocycles. The average molecular weight is 156 g/mol. The van der Waals surface area contributed by atoms with E-state index in [2.05, 4.69) is 19.9 Å². The van der Waals surface area contributed by atoms with E-state index in [1.165, 1.54) is 6.42 Å². The third-order valence-electron chi connectivity index (χ3n) is 1.76. The summed E-state index contributed by atoms with van der Waals surface area (Å²) in [4.78, 5) is 0. The van der Waals surface area contributed by atoms with E-state index in [1.54, 1.807) is 13.8 Å². The molecule has 66 valence electrons. The van der Waals surface area contributed by atoms with Crippen LogP contribution in [0, 0.1) is 5.92 Å². The number of rotatable bonds is 4. The van der Waals surface area contributed by atoms with Gasteiger partial charge in [0.05, 0.1) is 5.60 Å². The molecule has 0 saturated carbocycles. The normalized spacial score (nSPS) is 15.7. The van der Waals surface area contributed by atoms with E-state index in [-0.39, 0.29) is 0 Å². The average Bonchev–Trinajstić information content (AvgIpc) is 1.85. The number of hydrogen-bond acceptors (Lipinski definition) is 1. The molecule has 0 aromatic heterocycles. The Morgan fingerprint density at radius 2 is 2.00 bits per heavy atom. The van der Waals surface area contributed by atoms with Gasteiger partial charge in [0.2, 0.25) is 0 Å². The summed E-state index contributed by atoms with van der Waals surface area (Å²) in [7, 11) is 0. The molecule has 0 bridgehead atoms. The lowest BCUT2D eigenvalue weighted by Crippen LogP contribution is -2.13. The van der Waals surface area contributed by atoms with Gasteiger partial charge >= 0.3 is 0 Å². The van der Waals surface area contributed by atoms with Crippen LogP contribution in [0.5, 0.6) is 0 Å². The van der Waals surface area contributed by atoms with Gasteiger partial charge in [-0.05, 0) is 26.2 Å². The summed E-state index contributed by atoms with van der Waals surface area (Å²) in [6.45, 7) is 7.98. The first kappa shape index (κ1) is 10.7. The maximum atomic E-state index is 9.32. The second-order valence-electron chi connectivity index (χ2n) is 3.81. The Morgan fingerprint density at radius 1 is 1.45 bits per heavy atom. The molecule has 0 aromatic rings. The molecule has 1 N–H and O–H groups in total. The minimum Gasteiger partial charge on any atom is -0.386 e. The molecule has 1 atom stereocenters. The van der Waals surface area contributed by atoms with Gasteiger partial charge < -0.3 is 5.11 Å². The van der Waals surface area contributed by atoms with Crippen LogP contribution in [0.15, 0.2) is 12.2 Å². The molecule has 0 heterocycles. The molecule has 0 amide bonds. The minimum absolute atomic E-state index is 0.645. The van der Waals surface area contributed by atoms with Gasteiger partial charge in [-0.3, -0.25) is 0 Å². The fraction of sp³-hybridized carbons (Fsp3) is 0.800.